The highest BCUT2D eigenvalue weighted by Crippen LogP contribution is 2.21. The van der Waals surface area contributed by atoms with Gasteiger partial charge < -0.3 is 15.4 Å². The number of nitrogens with zero attached hydrogens (tertiary/aromatic N) is 1. The second-order valence-electron chi connectivity index (χ2n) is 6.67. The SMILES string of the molecule is CN(CCCCC(C)(C)CN)CC1CCCOC1. The van der Waals surface area contributed by atoms with Crippen molar-refractivity contribution in [3.05, 3.63) is 0 Å². The van der Waals surface area contributed by atoms with E-state index in [0.717, 1.165) is 25.7 Å². The van der Waals surface area contributed by atoms with Crippen molar-refractivity contribution in [3.8, 4) is 0 Å². The maximum atomic E-state index is 5.75. The van der Waals surface area contributed by atoms with E-state index >= 15 is 0 Å². The van der Waals surface area contributed by atoms with Crippen LogP contribution in [0.3, 0.4) is 0 Å². The number of unbranched alkanes of at least 4 members (excludes halogenated alkanes) is 1. The average Bonchev–Trinajstić information content (AvgIpc) is 2.36. The zero-order valence-electron chi connectivity index (χ0n) is 12.6. The highest BCUT2D eigenvalue weighted by molar-refractivity contribution is 4.70. The van der Waals surface area contributed by atoms with Crippen LogP contribution in [-0.2, 0) is 4.74 Å². The molecule has 18 heavy (non-hydrogen) atoms. The van der Waals surface area contributed by atoms with E-state index < -0.39 is 0 Å². The molecular formula is C15H32N2O. The zero-order valence-corrected chi connectivity index (χ0v) is 12.6. The molecule has 0 aromatic rings. The third kappa shape index (κ3) is 6.72. The lowest BCUT2D eigenvalue weighted by Gasteiger charge is -2.27. The highest BCUT2D eigenvalue weighted by Gasteiger charge is 2.17. The lowest BCUT2D eigenvalue weighted by atomic mass is 9.87. The molecule has 1 unspecified atom stereocenters. The summed E-state index contributed by atoms with van der Waals surface area (Å²) in [5.41, 5.74) is 6.06. The molecule has 2 N–H and O–H groups in total. The molecule has 1 heterocycles. The largest absolute Gasteiger partial charge is 0.381 e. The first-order valence-corrected chi connectivity index (χ1v) is 7.50. The molecule has 0 bridgehead atoms. The number of hydrogen-bond donors (Lipinski definition) is 1. The van der Waals surface area contributed by atoms with E-state index in [1.807, 2.05) is 0 Å². The smallest absolute Gasteiger partial charge is 0.0506 e. The van der Waals surface area contributed by atoms with E-state index in [4.69, 9.17) is 10.5 Å². The number of hydrogen-bond acceptors (Lipinski definition) is 3. The van der Waals surface area contributed by atoms with Crippen molar-refractivity contribution in [2.24, 2.45) is 17.1 Å². The first kappa shape index (κ1) is 15.9. The van der Waals surface area contributed by atoms with Crippen LogP contribution < -0.4 is 5.73 Å². The van der Waals surface area contributed by atoms with Gasteiger partial charge in [-0.3, -0.25) is 0 Å². The molecule has 3 nitrogen and oxygen atoms in total. The van der Waals surface area contributed by atoms with Crippen LogP contribution >= 0.6 is 0 Å². The van der Waals surface area contributed by atoms with Gasteiger partial charge >= 0.3 is 0 Å². The van der Waals surface area contributed by atoms with Gasteiger partial charge in [-0.2, -0.15) is 0 Å². The van der Waals surface area contributed by atoms with Crippen molar-refractivity contribution in [3.63, 3.8) is 0 Å². The molecule has 0 spiro atoms. The summed E-state index contributed by atoms with van der Waals surface area (Å²) in [6.07, 6.45) is 6.39. The number of ether oxygens (including phenoxy) is 1. The highest BCUT2D eigenvalue weighted by atomic mass is 16.5. The Morgan fingerprint density at radius 2 is 2.11 bits per heavy atom. The Balaban J connectivity index is 2.04. The van der Waals surface area contributed by atoms with E-state index in [-0.39, 0.29) is 0 Å². The quantitative estimate of drug-likeness (QED) is 0.678. The molecule has 0 saturated carbocycles. The fraction of sp³-hybridized carbons (Fsp3) is 1.00. The van der Waals surface area contributed by atoms with Crippen molar-refractivity contribution in [1.29, 1.82) is 0 Å². The summed E-state index contributed by atoms with van der Waals surface area (Å²) in [7, 11) is 2.24. The minimum Gasteiger partial charge on any atom is -0.381 e. The average molecular weight is 256 g/mol. The van der Waals surface area contributed by atoms with E-state index in [1.54, 1.807) is 0 Å². The number of nitrogens with two attached hydrogens (primary N) is 1. The topological polar surface area (TPSA) is 38.5 Å². The predicted molar refractivity (Wildman–Crippen MR) is 77.7 cm³/mol. The summed E-state index contributed by atoms with van der Waals surface area (Å²) >= 11 is 0. The van der Waals surface area contributed by atoms with Gasteiger partial charge in [0.1, 0.15) is 0 Å². The maximum Gasteiger partial charge on any atom is 0.0506 e. The monoisotopic (exact) mass is 256 g/mol. The maximum absolute atomic E-state index is 5.75. The summed E-state index contributed by atoms with van der Waals surface area (Å²) in [6, 6.07) is 0. The molecule has 0 aromatic heterocycles. The van der Waals surface area contributed by atoms with Crippen molar-refractivity contribution in [2.45, 2.75) is 46.0 Å². The van der Waals surface area contributed by atoms with Gasteiger partial charge in [0, 0.05) is 13.2 Å². The van der Waals surface area contributed by atoms with Crippen LogP contribution in [0.1, 0.15) is 46.0 Å². The number of rotatable bonds is 8. The summed E-state index contributed by atoms with van der Waals surface area (Å²) < 4.78 is 5.53. The molecule has 108 valence electrons. The standard InChI is InChI=1S/C15H32N2O/c1-15(2,13-16)8-4-5-9-17(3)11-14-7-6-10-18-12-14/h14H,4-13,16H2,1-3H3. The first-order chi connectivity index (χ1) is 8.53. The fourth-order valence-electron chi connectivity index (χ4n) is 2.57. The Morgan fingerprint density at radius 3 is 2.72 bits per heavy atom. The van der Waals surface area contributed by atoms with Gasteiger partial charge in [0.05, 0.1) is 6.61 Å². The molecule has 0 aliphatic carbocycles. The lowest BCUT2D eigenvalue weighted by molar-refractivity contribution is 0.0418. The third-order valence-electron chi connectivity index (χ3n) is 4.02. The molecule has 0 radical (unpaired) electrons. The molecule has 1 aliphatic heterocycles. The summed E-state index contributed by atoms with van der Waals surface area (Å²) in [5.74, 6) is 0.754. The molecule has 0 aromatic carbocycles. The van der Waals surface area contributed by atoms with Gasteiger partial charge in [-0.05, 0) is 57.2 Å². The molecule has 1 saturated heterocycles. The van der Waals surface area contributed by atoms with Gasteiger partial charge in [-0.15, -0.1) is 0 Å². The summed E-state index contributed by atoms with van der Waals surface area (Å²) in [6.45, 7) is 9.64. The van der Waals surface area contributed by atoms with E-state index in [9.17, 15) is 0 Å². The molecule has 1 fully saturated rings. The summed E-state index contributed by atoms with van der Waals surface area (Å²) in [5, 5.41) is 0. The van der Waals surface area contributed by atoms with Crippen LogP contribution in [0.4, 0.5) is 0 Å². The minimum atomic E-state index is 0.315. The Kier molecular flexibility index (Phi) is 7.20. The van der Waals surface area contributed by atoms with E-state index in [0.29, 0.717) is 5.41 Å². The Hall–Kier alpha value is -0.120. The molecule has 1 rings (SSSR count). The molecule has 0 amide bonds. The minimum absolute atomic E-state index is 0.315. The summed E-state index contributed by atoms with van der Waals surface area (Å²) in [4.78, 5) is 2.47. The van der Waals surface area contributed by atoms with Gasteiger partial charge in [0.2, 0.25) is 0 Å². The van der Waals surface area contributed by atoms with Gasteiger partial charge in [-0.25, -0.2) is 0 Å². The molecule has 1 atom stereocenters. The van der Waals surface area contributed by atoms with Crippen LogP contribution in [0.25, 0.3) is 0 Å². The van der Waals surface area contributed by atoms with Crippen LogP contribution in [0.15, 0.2) is 0 Å². The van der Waals surface area contributed by atoms with E-state index in [1.165, 1.54) is 45.2 Å². The van der Waals surface area contributed by atoms with Gasteiger partial charge in [-0.1, -0.05) is 20.3 Å². The van der Waals surface area contributed by atoms with Crippen LogP contribution in [0.5, 0.6) is 0 Å². The van der Waals surface area contributed by atoms with Crippen LogP contribution in [0.2, 0.25) is 0 Å². The normalized spacial score (nSPS) is 21.5. The fourth-order valence-corrected chi connectivity index (χ4v) is 2.57. The zero-order chi connectivity index (χ0) is 13.4. The predicted octanol–water partition coefficient (Wildman–Crippen LogP) is 2.50. The second kappa shape index (κ2) is 8.13. The van der Waals surface area contributed by atoms with Crippen molar-refractivity contribution in [1.82, 2.24) is 4.90 Å². The van der Waals surface area contributed by atoms with Gasteiger partial charge in [0.25, 0.3) is 0 Å². The van der Waals surface area contributed by atoms with E-state index in [2.05, 4.69) is 25.8 Å². The molecule has 1 aliphatic rings. The Bertz CT molecular complexity index is 213. The Labute approximate surface area is 113 Å². The van der Waals surface area contributed by atoms with Crippen LogP contribution in [0, 0.1) is 11.3 Å². The third-order valence-corrected chi connectivity index (χ3v) is 4.02. The second-order valence-corrected chi connectivity index (χ2v) is 6.67. The molecule has 3 heteroatoms. The van der Waals surface area contributed by atoms with Crippen molar-refractivity contribution < 1.29 is 4.74 Å². The molecular weight excluding hydrogens is 224 g/mol. The van der Waals surface area contributed by atoms with Crippen molar-refractivity contribution >= 4 is 0 Å². The lowest BCUT2D eigenvalue weighted by Crippen LogP contribution is -2.31. The Morgan fingerprint density at radius 1 is 1.33 bits per heavy atom. The van der Waals surface area contributed by atoms with Crippen LogP contribution in [-0.4, -0.2) is 44.8 Å². The van der Waals surface area contributed by atoms with Gasteiger partial charge in [0.15, 0.2) is 0 Å². The van der Waals surface area contributed by atoms with Crippen molar-refractivity contribution in [2.75, 3.05) is 39.9 Å². The first-order valence-electron chi connectivity index (χ1n) is 7.50.